The van der Waals surface area contributed by atoms with E-state index in [0.717, 1.165) is 16.5 Å². The molecule has 0 aliphatic heterocycles. The van der Waals surface area contributed by atoms with Crippen molar-refractivity contribution in [3.8, 4) is 0 Å². The molecule has 0 aliphatic rings. The number of fused-ring (bicyclic) bond motifs is 1. The molecule has 0 fully saturated rings. The quantitative estimate of drug-likeness (QED) is 0.680. The lowest BCUT2D eigenvalue weighted by molar-refractivity contribution is 0.283. The highest BCUT2D eigenvalue weighted by Gasteiger charge is 1.98. The smallest absolute Gasteiger partial charge is 0.0933 e. The van der Waals surface area contributed by atoms with Gasteiger partial charge in [0.2, 0.25) is 0 Å². The lowest BCUT2D eigenvalue weighted by atomic mass is 10.1. The normalized spacial score (nSPS) is 10.4. The maximum Gasteiger partial charge on any atom is 0.0933 e. The second-order valence-corrected chi connectivity index (χ2v) is 2.55. The van der Waals surface area contributed by atoms with Gasteiger partial charge < -0.3 is 5.11 Å². The highest BCUT2D eigenvalue weighted by molar-refractivity contribution is 5.80. The summed E-state index contributed by atoms with van der Waals surface area (Å²) in [5.74, 6) is 0. The van der Waals surface area contributed by atoms with E-state index >= 15 is 0 Å². The van der Waals surface area contributed by atoms with Crippen molar-refractivity contribution in [3.63, 3.8) is 0 Å². The molecule has 60 valence electrons. The van der Waals surface area contributed by atoms with Crippen LogP contribution in [0.4, 0.5) is 0 Å². The lowest BCUT2D eigenvalue weighted by Gasteiger charge is -1.99. The minimum atomic E-state index is 0.00995. The summed E-state index contributed by atoms with van der Waals surface area (Å²) in [6, 6.07) is 7.62. The fraction of sp³-hybridized carbons (Fsp3) is 0.111. The Morgan fingerprint density at radius 1 is 1.25 bits per heavy atom. The van der Waals surface area contributed by atoms with E-state index in [1.807, 2.05) is 24.3 Å². The molecule has 1 aromatic carbocycles. The Labute approximate surface area is 69.7 Å². The largest absolute Gasteiger partial charge is 0.392 e. The third kappa shape index (κ3) is 1.04. The van der Waals surface area contributed by atoms with Crippen molar-refractivity contribution in [2.24, 2.45) is 0 Å². The van der Waals surface area contributed by atoms with Gasteiger partial charge in [0.25, 0.3) is 0 Å². The molecule has 0 atom stereocenters. The SMILES string of the molecule is OCc1cnnc2ccccc12. The number of aliphatic hydroxyl groups excluding tert-OH is 1. The zero-order chi connectivity index (χ0) is 8.39. The van der Waals surface area contributed by atoms with E-state index < -0.39 is 0 Å². The summed E-state index contributed by atoms with van der Waals surface area (Å²) in [7, 11) is 0. The molecular formula is C9H8N2O. The van der Waals surface area contributed by atoms with Gasteiger partial charge in [-0.15, -0.1) is 0 Å². The molecule has 0 unspecified atom stereocenters. The Hall–Kier alpha value is -1.48. The molecule has 1 N–H and O–H groups in total. The lowest BCUT2D eigenvalue weighted by Crippen LogP contribution is -1.90. The summed E-state index contributed by atoms with van der Waals surface area (Å²) >= 11 is 0. The highest BCUT2D eigenvalue weighted by atomic mass is 16.3. The van der Waals surface area contributed by atoms with Crippen LogP contribution in [0.2, 0.25) is 0 Å². The number of nitrogens with zero attached hydrogens (tertiary/aromatic N) is 2. The Bertz CT molecular complexity index is 395. The second-order valence-electron chi connectivity index (χ2n) is 2.55. The van der Waals surface area contributed by atoms with E-state index in [1.54, 1.807) is 6.20 Å². The molecule has 0 radical (unpaired) electrons. The minimum Gasteiger partial charge on any atom is -0.392 e. The summed E-state index contributed by atoms with van der Waals surface area (Å²) in [6.45, 7) is 0.00995. The van der Waals surface area contributed by atoms with E-state index in [-0.39, 0.29) is 6.61 Å². The van der Waals surface area contributed by atoms with Gasteiger partial charge in [0.05, 0.1) is 18.3 Å². The van der Waals surface area contributed by atoms with Crippen molar-refractivity contribution < 1.29 is 5.11 Å². The monoisotopic (exact) mass is 160 g/mol. The predicted molar refractivity (Wildman–Crippen MR) is 45.5 cm³/mol. The molecule has 12 heavy (non-hydrogen) atoms. The van der Waals surface area contributed by atoms with Gasteiger partial charge in [0.1, 0.15) is 0 Å². The van der Waals surface area contributed by atoms with Crippen molar-refractivity contribution in [2.45, 2.75) is 6.61 Å². The van der Waals surface area contributed by atoms with Gasteiger partial charge in [-0.25, -0.2) is 0 Å². The second kappa shape index (κ2) is 2.87. The molecule has 0 saturated carbocycles. The minimum absolute atomic E-state index is 0.00995. The zero-order valence-corrected chi connectivity index (χ0v) is 6.44. The topological polar surface area (TPSA) is 46.0 Å². The Kier molecular flexibility index (Phi) is 1.72. The summed E-state index contributed by atoms with van der Waals surface area (Å²) in [4.78, 5) is 0. The third-order valence-electron chi connectivity index (χ3n) is 1.80. The number of hydrogen-bond acceptors (Lipinski definition) is 3. The van der Waals surface area contributed by atoms with Crippen LogP contribution >= 0.6 is 0 Å². The molecule has 0 amide bonds. The average molecular weight is 160 g/mol. The summed E-state index contributed by atoms with van der Waals surface area (Å²) < 4.78 is 0. The first-order valence-corrected chi connectivity index (χ1v) is 3.72. The number of hydrogen-bond donors (Lipinski definition) is 1. The van der Waals surface area contributed by atoms with Crippen molar-refractivity contribution in [1.82, 2.24) is 10.2 Å². The fourth-order valence-corrected chi connectivity index (χ4v) is 1.19. The summed E-state index contributed by atoms with van der Waals surface area (Å²) in [5.41, 5.74) is 1.64. The maximum absolute atomic E-state index is 8.97. The van der Waals surface area contributed by atoms with Gasteiger partial charge in [0.15, 0.2) is 0 Å². The van der Waals surface area contributed by atoms with Crippen molar-refractivity contribution >= 4 is 10.9 Å². The van der Waals surface area contributed by atoms with E-state index in [1.165, 1.54) is 0 Å². The first-order valence-electron chi connectivity index (χ1n) is 3.72. The third-order valence-corrected chi connectivity index (χ3v) is 1.80. The Morgan fingerprint density at radius 3 is 2.92 bits per heavy atom. The fourth-order valence-electron chi connectivity index (χ4n) is 1.19. The first-order chi connectivity index (χ1) is 5.92. The van der Waals surface area contributed by atoms with Crippen LogP contribution in [0.5, 0.6) is 0 Å². The van der Waals surface area contributed by atoms with Gasteiger partial charge in [-0.1, -0.05) is 18.2 Å². The van der Waals surface area contributed by atoms with Gasteiger partial charge in [-0.2, -0.15) is 10.2 Å². The number of rotatable bonds is 1. The van der Waals surface area contributed by atoms with Gasteiger partial charge >= 0.3 is 0 Å². The molecular weight excluding hydrogens is 152 g/mol. The van der Waals surface area contributed by atoms with Crippen LogP contribution in [-0.2, 0) is 6.61 Å². The van der Waals surface area contributed by atoms with Crippen LogP contribution in [0.1, 0.15) is 5.56 Å². The highest BCUT2D eigenvalue weighted by Crippen LogP contribution is 2.13. The molecule has 1 heterocycles. The molecule has 2 aromatic rings. The van der Waals surface area contributed by atoms with Crippen LogP contribution in [0.25, 0.3) is 10.9 Å². The summed E-state index contributed by atoms with van der Waals surface area (Å²) in [6.07, 6.45) is 1.59. The first kappa shape index (κ1) is 7.18. The van der Waals surface area contributed by atoms with E-state index in [0.29, 0.717) is 0 Å². The van der Waals surface area contributed by atoms with Crippen molar-refractivity contribution in [3.05, 3.63) is 36.0 Å². The van der Waals surface area contributed by atoms with Crippen LogP contribution in [0.15, 0.2) is 30.5 Å². The molecule has 0 aliphatic carbocycles. The molecule has 3 nitrogen and oxygen atoms in total. The summed E-state index contributed by atoms with van der Waals surface area (Å²) in [5, 5.41) is 17.6. The molecule has 2 rings (SSSR count). The predicted octanol–water partition coefficient (Wildman–Crippen LogP) is 1.12. The van der Waals surface area contributed by atoms with Crippen molar-refractivity contribution in [2.75, 3.05) is 0 Å². The average Bonchev–Trinajstić information content (AvgIpc) is 2.17. The van der Waals surface area contributed by atoms with Crippen LogP contribution < -0.4 is 0 Å². The van der Waals surface area contributed by atoms with Gasteiger partial charge in [0, 0.05) is 10.9 Å². The number of aromatic nitrogens is 2. The molecule has 1 aromatic heterocycles. The molecule has 0 bridgehead atoms. The number of benzene rings is 1. The van der Waals surface area contributed by atoms with E-state index in [9.17, 15) is 0 Å². The number of aliphatic hydroxyl groups is 1. The van der Waals surface area contributed by atoms with Crippen LogP contribution in [0.3, 0.4) is 0 Å². The van der Waals surface area contributed by atoms with E-state index in [4.69, 9.17) is 5.11 Å². The van der Waals surface area contributed by atoms with Gasteiger partial charge in [-0.05, 0) is 6.07 Å². The Morgan fingerprint density at radius 2 is 2.08 bits per heavy atom. The van der Waals surface area contributed by atoms with Gasteiger partial charge in [-0.3, -0.25) is 0 Å². The van der Waals surface area contributed by atoms with E-state index in [2.05, 4.69) is 10.2 Å². The van der Waals surface area contributed by atoms with Crippen LogP contribution in [-0.4, -0.2) is 15.3 Å². The molecule has 0 saturated heterocycles. The standard InChI is InChI=1S/C9H8N2O/c12-6-7-5-10-11-9-4-2-1-3-8(7)9/h1-5,12H,6H2. The van der Waals surface area contributed by atoms with Crippen LogP contribution in [0, 0.1) is 0 Å². The molecule has 3 heteroatoms. The van der Waals surface area contributed by atoms with Crippen molar-refractivity contribution in [1.29, 1.82) is 0 Å². The Balaban J connectivity index is 2.79. The zero-order valence-electron chi connectivity index (χ0n) is 6.44. The molecule has 0 spiro atoms. The maximum atomic E-state index is 8.97.